The Balaban J connectivity index is 3.81. The molecule has 0 aliphatic heterocycles. The third kappa shape index (κ3) is 6.76. The van der Waals surface area contributed by atoms with Gasteiger partial charge in [-0.15, -0.1) is 0 Å². The summed E-state index contributed by atoms with van der Waals surface area (Å²) in [6.45, 7) is 5.69. The Morgan fingerprint density at radius 1 is 1.38 bits per heavy atom. The lowest BCUT2D eigenvalue weighted by Gasteiger charge is -2.19. The lowest BCUT2D eigenvalue weighted by molar-refractivity contribution is -0.123. The van der Waals surface area contributed by atoms with Crippen LogP contribution < -0.4 is 10.6 Å². The van der Waals surface area contributed by atoms with Crippen molar-refractivity contribution in [2.24, 2.45) is 0 Å². The molecule has 0 saturated carbocycles. The second kappa shape index (κ2) is 8.50. The highest BCUT2D eigenvalue weighted by molar-refractivity contribution is 5.81. The Morgan fingerprint density at radius 3 is 2.50 bits per heavy atom. The zero-order valence-corrected chi connectivity index (χ0v) is 10.4. The Kier molecular flexibility index (Phi) is 8.15. The van der Waals surface area contributed by atoms with Crippen molar-refractivity contribution in [3.8, 4) is 0 Å². The molecule has 96 valence electrons. The van der Waals surface area contributed by atoms with E-state index in [1.807, 2.05) is 6.92 Å². The molecule has 0 spiro atoms. The van der Waals surface area contributed by atoms with E-state index in [0.29, 0.717) is 0 Å². The Hall–Kier alpha value is -0.650. The highest BCUT2D eigenvalue weighted by atomic mass is 16.3. The van der Waals surface area contributed by atoms with Crippen LogP contribution >= 0.6 is 0 Å². The van der Waals surface area contributed by atoms with E-state index in [2.05, 4.69) is 17.6 Å². The van der Waals surface area contributed by atoms with Crippen LogP contribution in [0.3, 0.4) is 0 Å². The molecular formula is C11H24N2O3. The molecule has 16 heavy (non-hydrogen) atoms. The van der Waals surface area contributed by atoms with E-state index < -0.39 is 6.10 Å². The Labute approximate surface area is 97.2 Å². The van der Waals surface area contributed by atoms with Crippen molar-refractivity contribution in [3.05, 3.63) is 0 Å². The maximum atomic E-state index is 11.6. The van der Waals surface area contributed by atoms with Gasteiger partial charge in [0.2, 0.25) is 5.91 Å². The molecule has 0 aliphatic carbocycles. The molecule has 0 heterocycles. The van der Waals surface area contributed by atoms with Crippen LogP contribution in [0.1, 0.15) is 33.6 Å². The summed E-state index contributed by atoms with van der Waals surface area (Å²) in [5.41, 5.74) is 0. The number of amides is 1. The van der Waals surface area contributed by atoms with E-state index in [0.717, 1.165) is 12.8 Å². The Bertz CT molecular complexity index is 200. The smallest absolute Gasteiger partial charge is 0.237 e. The second-order valence-corrected chi connectivity index (χ2v) is 4.16. The van der Waals surface area contributed by atoms with Gasteiger partial charge in [-0.25, -0.2) is 0 Å². The largest absolute Gasteiger partial charge is 0.394 e. The van der Waals surface area contributed by atoms with Crippen molar-refractivity contribution >= 4 is 5.91 Å². The van der Waals surface area contributed by atoms with Gasteiger partial charge in [0.25, 0.3) is 0 Å². The average molecular weight is 232 g/mol. The van der Waals surface area contributed by atoms with E-state index in [-0.39, 0.29) is 31.1 Å². The van der Waals surface area contributed by atoms with Gasteiger partial charge in [0.05, 0.1) is 18.8 Å². The van der Waals surface area contributed by atoms with Crippen LogP contribution in [0.2, 0.25) is 0 Å². The fourth-order valence-electron chi connectivity index (χ4n) is 1.34. The van der Waals surface area contributed by atoms with Gasteiger partial charge in [-0.05, 0) is 20.3 Å². The summed E-state index contributed by atoms with van der Waals surface area (Å²) in [6, 6.07) is -0.190. The summed E-state index contributed by atoms with van der Waals surface area (Å²) in [6.07, 6.45) is 1.17. The van der Waals surface area contributed by atoms with Crippen molar-refractivity contribution in [3.63, 3.8) is 0 Å². The first-order chi connectivity index (χ1) is 7.51. The number of aliphatic hydroxyl groups excluding tert-OH is 2. The molecule has 5 nitrogen and oxygen atoms in total. The Morgan fingerprint density at radius 2 is 2.00 bits per heavy atom. The summed E-state index contributed by atoms with van der Waals surface area (Å²) in [4.78, 5) is 11.6. The summed E-state index contributed by atoms with van der Waals surface area (Å²) in [5.74, 6) is -0.0777. The van der Waals surface area contributed by atoms with Gasteiger partial charge in [0, 0.05) is 12.6 Å². The molecule has 0 aliphatic rings. The monoisotopic (exact) mass is 232 g/mol. The van der Waals surface area contributed by atoms with Crippen LogP contribution in [-0.2, 0) is 4.79 Å². The summed E-state index contributed by atoms with van der Waals surface area (Å²) < 4.78 is 0. The zero-order chi connectivity index (χ0) is 12.6. The highest BCUT2D eigenvalue weighted by Gasteiger charge is 2.15. The number of hydrogen-bond acceptors (Lipinski definition) is 4. The first-order valence-electron chi connectivity index (χ1n) is 5.83. The minimum Gasteiger partial charge on any atom is -0.394 e. The van der Waals surface area contributed by atoms with Crippen LogP contribution in [-0.4, -0.2) is 47.5 Å². The number of carbonyl (C=O) groups excluding carboxylic acids is 1. The molecule has 0 bridgehead atoms. The number of hydrogen-bond donors (Lipinski definition) is 4. The molecule has 0 aromatic heterocycles. The molecule has 1 amide bonds. The normalized spacial score (nSPS) is 16.6. The fourth-order valence-corrected chi connectivity index (χ4v) is 1.34. The molecule has 0 radical (unpaired) electrons. The van der Waals surface area contributed by atoms with Crippen molar-refractivity contribution in [1.29, 1.82) is 0 Å². The SMILES string of the molecule is CCCC(C)NC(=O)C(C)NCC(O)CO. The quantitative estimate of drug-likeness (QED) is 0.460. The summed E-state index contributed by atoms with van der Waals surface area (Å²) in [5, 5.41) is 23.5. The minimum atomic E-state index is -0.816. The zero-order valence-electron chi connectivity index (χ0n) is 10.4. The van der Waals surface area contributed by atoms with E-state index in [1.54, 1.807) is 6.92 Å². The van der Waals surface area contributed by atoms with Crippen LogP contribution in [0.4, 0.5) is 0 Å². The lowest BCUT2D eigenvalue weighted by atomic mass is 10.2. The van der Waals surface area contributed by atoms with E-state index >= 15 is 0 Å². The van der Waals surface area contributed by atoms with Gasteiger partial charge in [-0.3, -0.25) is 4.79 Å². The van der Waals surface area contributed by atoms with Gasteiger partial charge < -0.3 is 20.8 Å². The van der Waals surface area contributed by atoms with Gasteiger partial charge >= 0.3 is 0 Å². The van der Waals surface area contributed by atoms with Crippen molar-refractivity contribution in [2.75, 3.05) is 13.2 Å². The maximum Gasteiger partial charge on any atom is 0.237 e. The van der Waals surface area contributed by atoms with Crippen LogP contribution in [0, 0.1) is 0 Å². The average Bonchev–Trinajstić information content (AvgIpc) is 2.25. The molecule has 5 heteroatoms. The highest BCUT2D eigenvalue weighted by Crippen LogP contribution is 1.95. The van der Waals surface area contributed by atoms with Crippen LogP contribution in [0.25, 0.3) is 0 Å². The number of nitrogens with one attached hydrogen (secondary N) is 2. The van der Waals surface area contributed by atoms with Gasteiger partial charge in [0.1, 0.15) is 0 Å². The van der Waals surface area contributed by atoms with Crippen molar-refractivity contribution in [2.45, 2.75) is 51.8 Å². The lowest BCUT2D eigenvalue weighted by Crippen LogP contribution is -2.47. The van der Waals surface area contributed by atoms with Gasteiger partial charge in [-0.2, -0.15) is 0 Å². The fraction of sp³-hybridized carbons (Fsp3) is 0.909. The number of rotatable bonds is 8. The maximum absolute atomic E-state index is 11.6. The standard InChI is InChI=1S/C11H24N2O3/c1-4-5-8(2)13-11(16)9(3)12-6-10(15)7-14/h8-10,12,14-15H,4-7H2,1-3H3,(H,13,16). The molecule has 0 aromatic rings. The molecule has 3 unspecified atom stereocenters. The first-order valence-corrected chi connectivity index (χ1v) is 5.83. The van der Waals surface area contributed by atoms with Crippen molar-refractivity contribution in [1.82, 2.24) is 10.6 Å². The molecule has 0 rings (SSSR count). The van der Waals surface area contributed by atoms with E-state index in [9.17, 15) is 4.79 Å². The summed E-state index contributed by atoms with van der Waals surface area (Å²) in [7, 11) is 0. The molecule has 0 aromatic carbocycles. The van der Waals surface area contributed by atoms with Gasteiger partial charge in [0.15, 0.2) is 0 Å². The van der Waals surface area contributed by atoms with Crippen molar-refractivity contribution < 1.29 is 15.0 Å². The third-order valence-electron chi connectivity index (χ3n) is 2.37. The first kappa shape index (κ1) is 15.3. The summed E-state index contributed by atoms with van der Waals surface area (Å²) >= 11 is 0. The molecule has 3 atom stereocenters. The van der Waals surface area contributed by atoms with E-state index in [1.165, 1.54) is 0 Å². The predicted molar refractivity (Wildman–Crippen MR) is 63.1 cm³/mol. The molecule has 4 N–H and O–H groups in total. The molecular weight excluding hydrogens is 208 g/mol. The van der Waals surface area contributed by atoms with Gasteiger partial charge in [-0.1, -0.05) is 13.3 Å². The molecule has 0 saturated heterocycles. The second-order valence-electron chi connectivity index (χ2n) is 4.16. The predicted octanol–water partition coefficient (Wildman–Crippen LogP) is -0.377. The third-order valence-corrected chi connectivity index (χ3v) is 2.37. The molecule has 0 fully saturated rings. The van der Waals surface area contributed by atoms with E-state index in [4.69, 9.17) is 10.2 Å². The van der Waals surface area contributed by atoms with Crippen LogP contribution in [0.5, 0.6) is 0 Å². The minimum absolute atomic E-state index is 0.0777. The number of aliphatic hydroxyl groups is 2. The topological polar surface area (TPSA) is 81.6 Å². The van der Waals surface area contributed by atoms with Crippen LogP contribution in [0.15, 0.2) is 0 Å². The number of carbonyl (C=O) groups is 1.